The van der Waals surface area contributed by atoms with E-state index in [0.717, 1.165) is 39.8 Å². The highest BCUT2D eigenvalue weighted by molar-refractivity contribution is 9.11. The molecule has 20 heavy (non-hydrogen) atoms. The van der Waals surface area contributed by atoms with E-state index in [2.05, 4.69) is 61.1 Å². The minimum absolute atomic E-state index is 0.0416. The highest BCUT2D eigenvalue weighted by Gasteiger charge is 2.21. The van der Waals surface area contributed by atoms with Crippen LogP contribution in [0, 0.1) is 0 Å². The van der Waals surface area contributed by atoms with Gasteiger partial charge in [-0.15, -0.1) is 0 Å². The second kappa shape index (κ2) is 7.33. The maximum atomic E-state index is 4.57. The number of pyridine rings is 1. The van der Waals surface area contributed by atoms with Crippen LogP contribution in [-0.2, 0) is 6.54 Å². The van der Waals surface area contributed by atoms with Crippen molar-refractivity contribution in [2.24, 2.45) is 0 Å². The van der Waals surface area contributed by atoms with Crippen molar-refractivity contribution in [3.63, 3.8) is 0 Å². The molecule has 108 valence electrons. The van der Waals surface area contributed by atoms with E-state index in [1.807, 2.05) is 29.2 Å². The Morgan fingerprint density at radius 3 is 2.80 bits per heavy atom. The second-order valence-electron chi connectivity index (χ2n) is 4.48. The molecule has 0 fully saturated rings. The minimum atomic E-state index is 0.0416. The predicted octanol–water partition coefficient (Wildman–Crippen LogP) is 3.91. The normalized spacial score (nSPS) is 12.6. The van der Waals surface area contributed by atoms with Crippen LogP contribution in [0.15, 0.2) is 33.5 Å². The molecule has 1 atom stereocenters. The Balaban J connectivity index is 2.41. The standard InChI is InChI=1S/C14H18Br2N4/c1-3-6-17-14(12-5-7-19-20(12)4-2)13-11(16)8-10(15)9-18-13/h5,7-9,14,17H,3-4,6H2,1-2H3. The molecule has 0 aliphatic heterocycles. The minimum Gasteiger partial charge on any atom is -0.304 e. The van der Waals surface area contributed by atoms with Crippen molar-refractivity contribution in [1.29, 1.82) is 0 Å². The lowest BCUT2D eigenvalue weighted by Gasteiger charge is -2.20. The monoisotopic (exact) mass is 400 g/mol. The number of nitrogens with zero attached hydrogens (tertiary/aromatic N) is 3. The molecule has 0 radical (unpaired) electrons. The van der Waals surface area contributed by atoms with Gasteiger partial charge in [-0.2, -0.15) is 5.10 Å². The van der Waals surface area contributed by atoms with E-state index in [-0.39, 0.29) is 6.04 Å². The third-order valence-corrected chi connectivity index (χ3v) is 4.12. The Labute approximate surface area is 136 Å². The molecule has 1 unspecified atom stereocenters. The van der Waals surface area contributed by atoms with Gasteiger partial charge in [-0.3, -0.25) is 9.67 Å². The Bertz CT molecular complexity index is 568. The molecule has 0 saturated heterocycles. The average Bonchev–Trinajstić information content (AvgIpc) is 2.89. The van der Waals surface area contributed by atoms with Crippen LogP contribution in [0.25, 0.3) is 0 Å². The summed E-state index contributed by atoms with van der Waals surface area (Å²) < 4.78 is 3.96. The third-order valence-electron chi connectivity index (χ3n) is 3.05. The smallest absolute Gasteiger partial charge is 0.0933 e. The first-order valence-electron chi connectivity index (χ1n) is 6.73. The van der Waals surface area contributed by atoms with Crippen molar-refractivity contribution in [1.82, 2.24) is 20.1 Å². The lowest BCUT2D eigenvalue weighted by atomic mass is 10.1. The van der Waals surface area contributed by atoms with Gasteiger partial charge in [0.1, 0.15) is 0 Å². The summed E-state index contributed by atoms with van der Waals surface area (Å²) in [7, 11) is 0. The zero-order valence-corrected chi connectivity index (χ0v) is 14.8. The van der Waals surface area contributed by atoms with Crippen molar-refractivity contribution in [3.05, 3.63) is 44.9 Å². The van der Waals surface area contributed by atoms with E-state index < -0.39 is 0 Å². The van der Waals surface area contributed by atoms with E-state index in [0.29, 0.717) is 0 Å². The molecule has 6 heteroatoms. The maximum absolute atomic E-state index is 4.57. The van der Waals surface area contributed by atoms with Crippen LogP contribution < -0.4 is 5.32 Å². The predicted molar refractivity (Wildman–Crippen MR) is 87.7 cm³/mol. The molecule has 2 heterocycles. The van der Waals surface area contributed by atoms with Crippen molar-refractivity contribution in [2.45, 2.75) is 32.9 Å². The molecule has 0 aliphatic rings. The molecule has 1 N–H and O–H groups in total. The molecule has 0 amide bonds. The van der Waals surface area contributed by atoms with Gasteiger partial charge in [-0.1, -0.05) is 6.92 Å². The van der Waals surface area contributed by atoms with Crippen LogP contribution in [0.1, 0.15) is 37.7 Å². The van der Waals surface area contributed by atoms with Gasteiger partial charge < -0.3 is 5.32 Å². The van der Waals surface area contributed by atoms with E-state index in [1.165, 1.54) is 0 Å². The number of nitrogens with one attached hydrogen (secondary N) is 1. The quantitative estimate of drug-likeness (QED) is 0.797. The Kier molecular flexibility index (Phi) is 5.74. The zero-order valence-electron chi connectivity index (χ0n) is 11.6. The first-order valence-corrected chi connectivity index (χ1v) is 8.32. The zero-order chi connectivity index (χ0) is 14.5. The maximum Gasteiger partial charge on any atom is 0.0933 e. The molecule has 4 nitrogen and oxygen atoms in total. The first kappa shape index (κ1) is 15.7. The number of rotatable bonds is 6. The fourth-order valence-electron chi connectivity index (χ4n) is 2.12. The van der Waals surface area contributed by atoms with Gasteiger partial charge in [0.15, 0.2) is 0 Å². The van der Waals surface area contributed by atoms with Crippen molar-refractivity contribution >= 4 is 31.9 Å². The van der Waals surface area contributed by atoms with Crippen LogP contribution in [0.4, 0.5) is 0 Å². The SMILES string of the molecule is CCCNC(c1ncc(Br)cc1Br)c1ccnn1CC. The molecule has 0 bridgehead atoms. The fraction of sp³-hybridized carbons (Fsp3) is 0.429. The largest absolute Gasteiger partial charge is 0.304 e. The number of halogens is 2. The second-order valence-corrected chi connectivity index (χ2v) is 6.25. The summed E-state index contributed by atoms with van der Waals surface area (Å²) in [5.41, 5.74) is 2.12. The summed E-state index contributed by atoms with van der Waals surface area (Å²) in [5.74, 6) is 0. The van der Waals surface area contributed by atoms with E-state index in [4.69, 9.17) is 0 Å². The van der Waals surface area contributed by atoms with Gasteiger partial charge >= 0.3 is 0 Å². The summed E-state index contributed by atoms with van der Waals surface area (Å²) in [6.07, 6.45) is 4.74. The lowest BCUT2D eigenvalue weighted by molar-refractivity contribution is 0.520. The van der Waals surface area contributed by atoms with Gasteiger partial charge in [0.2, 0.25) is 0 Å². The molecule has 0 aliphatic carbocycles. The van der Waals surface area contributed by atoms with Crippen LogP contribution >= 0.6 is 31.9 Å². The highest BCUT2D eigenvalue weighted by atomic mass is 79.9. The molecular weight excluding hydrogens is 384 g/mol. The van der Waals surface area contributed by atoms with Gasteiger partial charge in [-0.05, 0) is 63.9 Å². The summed E-state index contributed by atoms with van der Waals surface area (Å²) in [6, 6.07) is 4.11. The Morgan fingerprint density at radius 1 is 1.35 bits per heavy atom. The molecule has 0 aromatic carbocycles. The highest BCUT2D eigenvalue weighted by Crippen LogP contribution is 2.28. The fourth-order valence-corrected chi connectivity index (χ4v) is 3.34. The van der Waals surface area contributed by atoms with Gasteiger partial charge in [0, 0.05) is 27.9 Å². The topological polar surface area (TPSA) is 42.7 Å². The number of aromatic nitrogens is 3. The van der Waals surface area contributed by atoms with Gasteiger partial charge in [0.25, 0.3) is 0 Å². The van der Waals surface area contributed by atoms with Crippen molar-refractivity contribution in [2.75, 3.05) is 6.54 Å². The molecular formula is C14H18Br2N4. The van der Waals surface area contributed by atoms with Gasteiger partial charge in [-0.25, -0.2) is 0 Å². The molecule has 0 saturated carbocycles. The third kappa shape index (κ3) is 3.48. The Hall–Kier alpha value is -0.720. The van der Waals surface area contributed by atoms with Crippen LogP contribution in [0.3, 0.4) is 0 Å². The average molecular weight is 402 g/mol. The summed E-state index contributed by atoms with van der Waals surface area (Å²) in [4.78, 5) is 4.57. The van der Waals surface area contributed by atoms with Gasteiger partial charge in [0.05, 0.1) is 17.4 Å². The van der Waals surface area contributed by atoms with Crippen LogP contribution in [0.2, 0.25) is 0 Å². The molecule has 0 spiro atoms. The van der Waals surface area contributed by atoms with E-state index >= 15 is 0 Å². The molecule has 2 aromatic heterocycles. The van der Waals surface area contributed by atoms with Crippen molar-refractivity contribution < 1.29 is 0 Å². The number of hydrogen-bond donors (Lipinski definition) is 1. The van der Waals surface area contributed by atoms with E-state index in [9.17, 15) is 0 Å². The number of aryl methyl sites for hydroxylation is 1. The summed E-state index contributed by atoms with van der Waals surface area (Å²) in [5, 5.41) is 7.92. The van der Waals surface area contributed by atoms with Crippen LogP contribution in [0.5, 0.6) is 0 Å². The molecule has 2 aromatic rings. The lowest BCUT2D eigenvalue weighted by Crippen LogP contribution is -2.27. The van der Waals surface area contributed by atoms with Crippen LogP contribution in [-0.4, -0.2) is 21.3 Å². The summed E-state index contributed by atoms with van der Waals surface area (Å²) >= 11 is 7.05. The van der Waals surface area contributed by atoms with E-state index in [1.54, 1.807) is 0 Å². The first-order chi connectivity index (χ1) is 9.67. The number of hydrogen-bond acceptors (Lipinski definition) is 3. The Morgan fingerprint density at radius 2 is 2.15 bits per heavy atom. The molecule has 2 rings (SSSR count). The van der Waals surface area contributed by atoms with Crippen molar-refractivity contribution in [3.8, 4) is 0 Å². The summed E-state index contributed by atoms with van der Waals surface area (Å²) in [6.45, 7) is 6.03.